The van der Waals surface area contributed by atoms with E-state index < -0.39 is 0 Å². The van der Waals surface area contributed by atoms with Crippen molar-refractivity contribution in [1.82, 2.24) is 5.32 Å². The van der Waals surface area contributed by atoms with Crippen molar-refractivity contribution in [2.75, 3.05) is 17.7 Å². The van der Waals surface area contributed by atoms with Gasteiger partial charge in [0.2, 0.25) is 0 Å². The Kier molecular flexibility index (Phi) is 8.64. The van der Waals surface area contributed by atoms with Crippen LogP contribution in [-0.4, -0.2) is 18.5 Å². The van der Waals surface area contributed by atoms with E-state index in [2.05, 4.69) is 34.9 Å². The summed E-state index contributed by atoms with van der Waals surface area (Å²) in [6.07, 6.45) is 8.35. The van der Waals surface area contributed by atoms with Crippen molar-refractivity contribution in [3.05, 3.63) is 65.7 Å². The Balaban J connectivity index is 1.72. The van der Waals surface area contributed by atoms with Gasteiger partial charge in [-0.3, -0.25) is 0 Å². The topological polar surface area (TPSA) is 41.1 Å². The first-order valence-electron chi connectivity index (χ1n) is 8.72. The number of benzene rings is 2. The number of urea groups is 1. The maximum absolute atomic E-state index is 11.8. The number of hydrogen-bond donors (Lipinski definition) is 2. The minimum Gasteiger partial charge on any atom is -0.338 e. The SMILES string of the molecule is O=C(NCCCCCCCl)Nc1ccc(C=Cc2ccccc2)cc1. The van der Waals surface area contributed by atoms with Crippen LogP contribution in [0.4, 0.5) is 10.5 Å². The monoisotopic (exact) mass is 356 g/mol. The van der Waals surface area contributed by atoms with E-state index in [1.807, 2.05) is 42.5 Å². The summed E-state index contributed by atoms with van der Waals surface area (Å²) < 4.78 is 0. The molecule has 0 unspecified atom stereocenters. The first-order chi connectivity index (χ1) is 12.3. The zero-order valence-corrected chi connectivity index (χ0v) is 15.1. The van der Waals surface area contributed by atoms with Gasteiger partial charge in [-0.05, 0) is 36.1 Å². The molecular formula is C21H25ClN2O. The molecule has 0 fully saturated rings. The Labute approximate surface area is 155 Å². The van der Waals surface area contributed by atoms with Gasteiger partial charge in [0, 0.05) is 18.1 Å². The standard InChI is InChI=1S/C21H25ClN2O/c22-16-6-1-2-7-17-23-21(25)24-20-14-12-19(13-15-20)11-10-18-8-4-3-5-9-18/h3-5,8-15H,1-2,6-7,16-17H2,(H2,23,24,25). The van der Waals surface area contributed by atoms with Crippen LogP contribution in [0.5, 0.6) is 0 Å². The highest BCUT2D eigenvalue weighted by Gasteiger charge is 2.00. The third-order valence-corrected chi connectivity index (χ3v) is 4.05. The molecule has 2 N–H and O–H groups in total. The van der Waals surface area contributed by atoms with E-state index in [1.165, 1.54) is 0 Å². The van der Waals surface area contributed by atoms with Crippen LogP contribution in [0.1, 0.15) is 36.8 Å². The van der Waals surface area contributed by atoms with Crippen molar-refractivity contribution < 1.29 is 4.79 Å². The smallest absolute Gasteiger partial charge is 0.319 e. The van der Waals surface area contributed by atoms with Crippen LogP contribution in [-0.2, 0) is 0 Å². The van der Waals surface area contributed by atoms with Gasteiger partial charge in [-0.25, -0.2) is 4.79 Å². The first-order valence-corrected chi connectivity index (χ1v) is 9.25. The minimum atomic E-state index is -0.162. The van der Waals surface area contributed by atoms with Crippen molar-refractivity contribution in [2.45, 2.75) is 25.7 Å². The number of alkyl halides is 1. The molecule has 0 aliphatic carbocycles. The van der Waals surface area contributed by atoms with Crippen LogP contribution in [0, 0.1) is 0 Å². The van der Waals surface area contributed by atoms with Gasteiger partial charge in [-0.2, -0.15) is 0 Å². The zero-order chi connectivity index (χ0) is 17.7. The lowest BCUT2D eigenvalue weighted by atomic mass is 10.1. The molecule has 0 bridgehead atoms. The van der Waals surface area contributed by atoms with E-state index >= 15 is 0 Å². The number of halogens is 1. The first kappa shape index (κ1) is 19.1. The lowest BCUT2D eigenvalue weighted by molar-refractivity contribution is 0.252. The summed E-state index contributed by atoms with van der Waals surface area (Å²) in [6.45, 7) is 0.687. The third kappa shape index (κ3) is 7.90. The number of hydrogen-bond acceptors (Lipinski definition) is 1. The highest BCUT2D eigenvalue weighted by atomic mass is 35.5. The summed E-state index contributed by atoms with van der Waals surface area (Å²) >= 11 is 5.63. The number of carbonyl (C=O) groups is 1. The Morgan fingerprint density at radius 2 is 1.48 bits per heavy atom. The predicted octanol–water partition coefficient (Wildman–Crippen LogP) is 5.78. The third-order valence-electron chi connectivity index (χ3n) is 3.78. The fourth-order valence-electron chi connectivity index (χ4n) is 2.38. The average Bonchev–Trinajstić information content (AvgIpc) is 2.65. The van der Waals surface area contributed by atoms with Crippen LogP contribution < -0.4 is 10.6 Å². The van der Waals surface area contributed by atoms with Crippen LogP contribution in [0.15, 0.2) is 54.6 Å². The summed E-state index contributed by atoms with van der Waals surface area (Å²) in [5, 5.41) is 5.72. The summed E-state index contributed by atoms with van der Waals surface area (Å²) in [5.41, 5.74) is 3.04. The molecule has 0 aromatic heterocycles. The lowest BCUT2D eigenvalue weighted by Crippen LogP contribution is -2.29. The van der Waals surface area contributed by atoms with Crippen molar-refractivity contribution in [3.63, 3.8) is 0 Å². The van der Waals surface area contributed by atoms with Gasteiger partial charge in [0.1, 0.15) is 0 Å². The highest BCUT2D eigenvalue weighted by molar-refractivity contribution is 6.17. The molecule has 132 valence electrons. The van der Waals surface area contributed by atoms with Crippen molar-refractivity contribution in [1.29, 1.82) is 0 Å². The Morgan fingerprint density at radius 1 is 0.840 bits per heavy atom. The van der Waals surface area contributed by atoms with E-state index in [0.717, 1.165) is 42.5 Å². The van der Waals surface area contributed by atoms with Crippen LogP contribution in [0.25, 0.3) is 12.2 Å². The summed E-state index contributed by atoms with van der Waals surface area (Å²) in [7, 11) is 0. The maximum Gasteiger partial charge on any atom is 0.319 e. The second-order valence-electron chi connectivity index (χ2n) is 5.85. The normalized spacial score (nSPS) is 10.8. The number of carbonyl (C=O) groups excluding carboxylic acids is 1. The fraction of sp³-hybridized carbons (Fsp3) is 0.286. The molecule has 0 atom stereocenters. The van der Waals surface area contributed by atoms with Gasteiger partial charge in [0.05, 0.1) is 0 Å². The molecule has 2 rings (SSSR count). The summed E-state index contributed by atoms with van der Waals surface area (Å²) in [5.74, 6) is 0.713. The second kappa shape index (κ2) is 11.3. The molecule has 0 saturated heterocycles. The summed E-state index contributed by atoms with van der Waals surface area (Å²) in [4.78, 5) is 11.8. The van der Waals surface area contributed by atoms with E-state index in [0.29, 0.717) is 12.4 Å². The number of amides is 2. The molecule has 4 heteroatoms. The molecule has 2 aromatic rings. The maximum atomic E-state index is 11.8. The van der Waals surface area contributed by atoms with Gasteiger partial charge in [0.15, 0.2) is 0 Å². The minimum absolute atomic E-state index is 0.162. The van der Waals surface area contributed by atoms with E-state index in [1.54, 1.807) is 0 Å². The molecule has 0 radical (unpaired) electrons. The van der Waals surface area contributed by atoms with Crippen molar-refractivity contribution in [3.8, 4) is 0 Å². The average molecular weight is 357 g/mol. The quantitative estimate of drug-likeness (QED) is 0.334. The Morgan fingerprint density at radius 3 is 2.16 bits per heavy atom. The molecular weight excluding hydrogens is 332 g/mol. The number of nitrogens with one attached hydrogen (secondary N) is 2. The van der Waals surface area contributed by atoms with E-state index in [4.69, 9.17) is 11.6 Å². The highest BCUT2D eigenvalue weighted by Crippen LogP contribution is 2.12. The van der Waals surface area contributed by atoms with Gasteiger partial charge in [-0.1, -0.05) is 67.5 Å². The van der Waals surface area contributed by atoms with Crippen molar-refractivity contribution >= 4 is 35.5 Å². The van der Waals surface area contributed by atoms with Crippen molar-refractivity contribution in [2.24, 2.45) is 0 Å². The molecule has 2 aromatic carbocycles. The Bertz CT molecular complexity index is 653. The van der Waals surface area contributed by atoms with Gasteiger partial charge in [-0.15, -0.1) is 11.6 Å². The molecule has 0 spiro atoms. The van der Waals surface area contributed by atoms with E-state index in [9.17, 15) is 4.79 Å². The van der Waals surface area contributed by atoms with Crippen LogP contribution in [0.2, 0.25) is 0 Å². The molecule has 0 saturated carbocycles. The molecule has 0 heterocycles. The van der Waals surface area contributed by atoms with Gasteiger partial charge >= 0.3 is 6.03 Å². The summed E-state index contributed by atoms with van der Waals surface area (Å²) in [6, 6.07) is 17.8. The van der Waals surface area contributed by atoms with Gasteiger partial charge in [0.25, 0.3) is 0 Å². The lowest BCUT2D eigenvalue weighted by Gasteiger charge is -2.07. The molecule has 3 nitrogen and oxygen atoms in total. The van der Waals surface area contributed by atoms with Crippen LogP contribution >= 0.6 is 11.6 Å². The molecule has 25 heavy (non-hydrogen) atoms. The van der Waals surface area contributed by atoms with E-state index in [-0.39, 0.29) is 6.03 Å². The molecule has 0 aliphatic rings. The number of anilines is 1. The van der Waals surface area contributed by atoms with Crippen LogP contribution in [0.3, 0.4) is 0 Å². The fourth-order valence-corrected chi connectivity index (χ4v) is 2.57. The largest absolute Gasteiger partial charge is 0.338 e. The predicted molar refractivity (Wildman–Crippen MR) is 108 cm³/mol. The molecule has 0 aliphatic heterocycles. The molecule has 2 amide bonds. The Hall–Kier alpha value is -2.26. The van der Waals surface area contributed by atoms with Gasteiger partial charge < -0.3 is 10.6 Å². The number of unbranched alkanes of at least 4 members (excludes halogenated alkanes) is 3. The zero-order valence-electron chi connectivity index (χ0n) is 14.4. The number of rotatable bonds is 9. The second-order valence-corrected chi connectivity index (χ2v) is 6.23.